The van der Waals surface area contributed by atoms with E-state index in [1.807, 2.05) is 6.92 Å². The van der Waals surface area contributed by atoms with E-state index in [1.54, 1.807) is 13.0 Å². The van der Waals surface area contributed by atoms with E-state index in [0.29, 0.717) is 38.7 Å². The van der Waals surface area contributed by atoms with Gasteiger partial charge in [0.05, 0.1) is 11.9 Å². The lowest BCUT2D eigenvalue weighted by Gasteiger charge is -2.29. The minimum atomic E-state index is -1.24. The second kappa shape index (κ2) is 9.23. The molecule has 0 aromatic heterocycles. The molecule has 0 fully saturated rings. The number of rotatable bonds is 10. The molecule has 1 N–H and O–H groups in total. The molecule has 100 valence electrons. The third-order valence-electron chi connectivity index (χ3n) is 2.75. The van der Waals surface area contributed by atoms with Crippen molar-refractivity contribution in [2.24, 2.45) is 0 Å². The number of carbonyl (C=O) groups excluding carboxylic acids is 1. The van der Waals surface area contributed by atoms with Crippen LogP contribution in [0.1, 0.15) is 62.0 Å². The van der Waals surface area contributed by atoms with E-state index in [9.17, 15) is 4.79 Å². The van der Waals surface area contributed by atoms with Crippen molar-refractivity contribution in [3.05, 3.63) is 12.3 Å². The Morgan fingerprint density at radius 3 is 2.76 bits per heavy atom. The zero-order valence-corrected chi connectivity index (χ0v) is 11.2. The molecule has 0 rings (SSSR count). The Balaban J connectivity index is 4.34. The molecule has 3 nitrogen and oxygen atoms in total. The summed E-state index contributed by atoms with van der Waals surface area (Å²) in [6.07, 6.45) is 4.19. The molecule has 1 atom stereocenters. The van der Waals surface area contributed by atoms with Gasteiger partial charge in [-0.25, -0.2) is 0 Å². The SMILES string of the molecule is [2H]C([2H])(C)CCOC(C)(CCC=CO)CCC(C)=O. The highest BCUT2D eigenvalue weighted by molar-refractivity contribution is 5.75. The maximum atomic E-state index is 11.1. The fraction of sp³-hybridized carbons (Fsp3) is 0.786. The van der Waals surface area contributed by atoms with Gasteiger partial charge in [0.1, 0.15) is 5.78 Å². The van der Waals surface area contributed by atoms with E-state index in [-0.39, 0.29) is 5.78 Å². The van der Waals surface area contributed by atoms with Crippen LogP contribution in [0.5, 0.6) is 0 Å². The molecular formula is C14H26O3. The van der Waals surface area contributed by atoms with Crippen LogP contribution in [0, 0.1) is 0 Å². The molecule has 0 saturated carbocycles. The van der Waals surface area contributed by atoms with Gasteiger partial charge < -0.3 is 14.6 Å². The zero-order chi connectivity index (χ0) is 14.9. The Morgan fingerprint density at radius 2 is 2.24 bits per heavy atom. The molecule has 0 heterocycles. The summed E-state index contributed by atoms with van der Waals surface area (Å²) in [7, 11) is 0. The van der Waals surface area contributed by atoms with Crippen LogP contribution in [0.25, 0.3) is 0 Å². The normalized spacial score (nSPS) is 17.6. The molecule has 0 aliphatic rings. The van der Waals surface area contributed by atoms with Gasteiger partial charge in [-0.3, -0.25) is 0 Å². The van der Waals surface area contributed by atoms with Crippen molar-refractivity contribution in [2.75, 3.05) is 6.61 Å². The fourth-order valence-electron chi connectivity index (χ4n) is 1.57. The van der Waals surface area contributed by atoms with Crippen molar-refractivity contribution >= 4 is 5.78 Å². The fourth-order valence-corrected chi connectivity index (χ4v) is 1.57. The first kappa shape index (κ1) is 12.6. The van der Waals surface area contributed by atoms with Crippen molar-refractivity contribution in [2.45, 2.75) is 64.8 Å². The van der Waals surface area contributed by atoms with Gasteiger partial charge in [0, 0.05) is 15.8 Å². The van der Waals surface area contributed by atoms with Gasteiger partial charge in [0.25, 0.3) is 0 Å². The lowest BCUT2D eigenvalue weighted by Crippen LogP contribution is -2.30. The summed E-state index contributed by atoms with van der Waals surface area (Å²) in [5.41, 5.74) is -0.448. The van der Waals surface area contributed by atoms with Crippen molar-refractivity contribution < 1.29 is 17.4 Å². The van der Waals surface area contributed by atoms with E-state index in [4.69, 9.17) is 12.6 Å². The second-order valence-corrected chi connectivity index (χ2v) is 4.53. The summed E-state index contributed by atoms with van der Waals surface area (Å²) in [5.74, 6) is 0.123. The minimum Gasteiger partial charge on any atom is -0.516 e. The molecule has 0 spiro atoms. The van der Waals surface area contributed by atoms with Gasteiger partial charge >= 0.3 is 0 Å². The zero-order valence-electron chi connectivity index (χ0n) is 13.2. The molecule has 0 saturated heterocycles. The summed E-state index contributed by atoms with van der Waals surface area (Å²) < 4.78 is 20.7. The van der Waals surface area contributed by atoms with Crippen molar-refractivity contribution in [3.8, 4) is 0 Å². The Bertz CT molecular complexity index is 298. The summed E-state index contributed by atoms with van der Waals surface area (Å²) >= 11 is 0. The van der Waals surface area contributed by atoms with Gasteiger partial charge in [-0.05, 0) is 45.6 Å². The van der Waals surface area contributed by atoms with E-state index < -0.39 is 12.0 Å². The van der Waals surface area contributed by atoms with Crippen LogP contribution < -0.4 is 0 Å². The molecule has 0 amide bonds. The van der Waals surface area contributed by atoms with Crippen LogP contribution in [0.3, 0.4) is 0 Å². The van der Waals surface area contributed by atoms with Crippen molar-refractivity contribution in [1.82, 2.24) is 0 Å². The Labute approximate surface area is 108 Å². The molecule has 0 aromatic rings. The number of ether oxygens (including phenoxy) is 1. The maximum absolute atomic E-state index is 11.1. The summed E-state index contributed by atoms with van der Waals surface area (Å²) in [4.78, 5) is 11.1. The number of Topliss-reactive ketones (excluding diaryl/α,β-unsaturated/α-hetero) is 1. The maximum Gasteiger partial charge on any atom is 0.129 e. The number of ketones is 1. The van der Waals surface area contributed by atoms with Gasteiger partial charge in [-0.15, -0.1) is 0 Å². The number of aliphatic hydroxyl groups is 1. The molecule has 3 heteroatoms. The highest BCUT2D eigenvalue weighted by atomic mass is 16.5. The Morgan fingerprint density at radius 1 is 1.53 bits per heavy atom. The van der Waals surface area contributed by atoms with Gasteiger partial charge in [-0.1, -0.05) is 13.3 Å². The largest absolute Gasteiger partial charge is 0.516 e. The number of hydrogen-bond donors (Lipinski definition) is 1. The Hall–Kier alpha value is -0.830. The molecule has 0 radical (unpaired) electrons. The standard InChI is InChI=1S/C14H26O3/c1-4-5-12-17-14(3,9-6-7-11-15)10-8-13(2)16/h7,11,15H,4-6,8-10,12H2,1-3H3/i4D2. The van der Waals surface area contributed by atoms with E-state index in [2.05, 4.69) is 0 Å². The number of aliphatic hydroxyl groups excluding tert-OH is 1. The van der Waals surface area contributed by atoms with Gasteiger partial charge in [-0.2, -0.15) is 0 Å². The molecule has 0 bridgehead atoms. The van der Waals surface area contributed by atoms with Crippen molar-refractivity contribution in [3.63, 3.8) is 0 Å². The van der Waals surface area contributed by atoms with Crippen LogP contribution in [-0.2, 0) is 9.53 Å². The highest BCUT2D eigenvalue weighted by Gasteiger charge is 2.24. The monoisotopic (exact) mass is 244 g/mol. The first-order valence-electron chi connectivity index (χ1n) is 7.11. The number of carbonyl (C=O) groups is 1. The van der Waals surface area contributed by atoms with Crippen LogP contribution in [0.15, 0.2) is 12.3 Å². The third-order valence-corrected chi connectivity index (χ3v) is 2.75. The first-order valence-corrected chi connectivity index (χ1v) is 6.11. The van der Waals surface area contributed by atoms with Crippen LogP contribution in [0.4, 0.5) is 0 Å². The lowest BCUT2D eigenvalue weighted by molar-refractivity contribution is -0.119. The highest BCUT2D eigenvalue weighted by Crippen LogP contribution is 2.24. The van der Waals surface area contributed by atoms with Crippen LogP contribution in [0.2, 0.25) is 0 Å². The summed E-state index contributed by atoms with van der Waals surface area (Å²) in [6, 6.07) is 0. The topological polar surface area (TPSA) is 46.5 Å². The van der Waals surface area contributed by atoms with E-state index in [0.717, 1.165) is 6.26 Å². The van der Waals surface area contributed by atoms with Gasteiger partial charge in [0.15, 0.2) is 0 Å². The average Bonchev–Trinajstić information content (AvgIpc) is 2.25. The van der Waals surface area contributed by atoms with Gasteiger partial charge in [0.2, 0.25) is 0 Å². The predicted molar refractivity (Wildman–Crippen MR) is 70.2 cm³/mol. The predicted octanol–water partition coefficient (Wildman–Crippen LogP) is 3.78. The quantitative estimate of drug-likeness (QED) is 0.595. The van der Waals surface area contributed by atoms with Crippen LogP contribution in [-0.4, -0.2) is 23.1 Å². The smallest absolute Gasteiger partial charge is 0.129 e. The number of allylic oxidation sites excluding steroid dienone is 1. The molecule has 0 aliphatic heterocycles. The van der Waals surface area contributed by atoms with Crippen LogP contribution >= 0.6 is 0 Å². The van der Waals surface area contributed by atoms with E-state index >= 15 is 0 Å². The molecule has 1 unspecified atom stereocenters. The second-order valence-electron chi connectivity index (χ2n) is 4.53. The molecule has 17 heavy (non-hydrogen) atoms. The Kier molecular flexibility index (Phi) is 6.85. The molecule has 0 aromatic carbocycles. The minimum absolute atomic E-state index is 0.123. The third kappa shape index (κ3) is 8.93. The summed E-state index contributed by atoms with van der Waals surface area (Å²) in [6.45, 7) is 5.35. The van der Waals surface area contributed by atoms with Crippen molar-refractivity contribution in [1.29, 1.82) is 0 Å². The molecular weight excluding hydrogens is 216 g/mol. The van der Waals surface area contributed by atoms with E-state index in [1.165, 1.54) is 6.92 Å². The molecule has 0 aliphatic carbocycles. The average molecular weight is 244 g/mol. The first-order chi connectivity index (χ1) is 8.68. The lowest BCUT2D eigenvalue weighted by atomic mass is 9.93. The number of hydrogen-bond acceptors (Lipinski definition) is 3. The summed E-state index contributed by atoms with van der Waals surface area (Å²) in [5, 5.41) is 8.64.